The van der Waals surface area contributed by atoms with Crippen LogP contribution in [0.1, 0.15) is 37.9 Å². The van der Waals surface area contributed by atoms with Gasteiger partial charge >= 0.3 is 5.97 Å². The molecule has 0 aromatic heterocycles. The number of benzene rings is 3. The first-order chi connectivity index (χ1) is 15.5. The van der Waals surface area contributed by atoms with Crippen molar-refractivity contribution in [2.24, 2.45) is 5.41 Å². The summed E-state index contributed by atoms with van der Waals surface area (Å²) in [6.07, 6.45) is 0.689. The van der Waals surface area contributed by atoms with Gasteiger partial charge in [0.2, 0.25) is 0 Å². The van der Waals surface area contributed by atoms with E-state index in [1.807, 2.05) is 24.3 Å². The largest absolute Gasteiger partial charge is 0.427 e. The lowest BCUT2D eigenvalue weighted by Crippen LogP contribution is -2.35. The van der Waals surface area contributed by atoms with E-state index in [1.165, 1.54) is 19.1 Å². The van der Waals surface area contributed by atoms with E-state index in [0.717, 1.165) is 28.9 Å². The summed E-state index contributed by atoms with van der Waals surface area (Å²) in [4.78, 5) is 11.3. The minimum atomic E-state index is -3.90. The van der Waals surface area contributed by atoms with E-state index < -0.39 is 15.8 Å². The Morgan fingerprint density at radius 2 is 1.79 bits per heavy atom. The minimum absolute atomic E-state index is 0.0158. The maximum Gasteiger partial charge on any atom is 0.308 e. The fourth-order valence-electron chi connectivity index (χ4n) is 4.19. The number of sulfonamides is 1. The van der Waals surface area contributed by atoms with Gasteiger partial charge in [-0.15, -0.1) is 0 Å². The number of esters is 1. The summed E-state index contributed by atoms with van der Waals surface area (Å²) in [5.74, 6) is -0.388. The van der Waals surface area contributed by atoms with Crippen LogP contribution in [0.2, 0.25) is 0 Å². The molecule has 1 unspecified atom stereocenters. The average molecular weight is 469 g/mol. The number of carbonyl (C=O) groups is 1. The fourth-order valence-corrected chi connectivity index (χ4v) is 5.28. The summed E-state index contributed by atoms with van der Waals surface area (Å²) >= 11 is 0. The Labute approximate surface area is 192 Å². The van der Waals surface area contributed by atoms with Gasteiger partial charge in [0.05, 0.1) is 16.6 Å². The molecule has 1 heterocycles. The second-order valence-electron chi connectivity index (χ2n) is 8.80. The van der Waals surface area contributed by atoms with Crippen LogP contribution in [0, 0.1) is 11.2 Å². The van der Waals surface area contributed by atoms with Crippen LogP contribution in [0.3, 0.4) is 0 Å². The Kier molecular flexibility index (Phi) is 5.88. The van der Waals surface area contributed by atoms with Gasteiger partial charge in [-0.25, -0.2) is 12.8 Å². The molecule has 0 saturated carbocycles. The van der Waals surface area contributed by atoms with E-state index in [0.29, 0.717) is 17.9 Å². The third-order valence-corrected chi connectivity index (χ3v) is 7.09. The molecule has 6 nitrogen and oxygen atoms in total. The second-order valence-corrected chi connectivity index (χ2v) is 10.5. The van der Waals surface area contributed by atoms with E-state index >= 15 is 0 Å². The SMILES string of the molecule is CC(=O)Oc1ccc2c(c1)CC(C)(C)C(c1ccccc1NS(=O)(=O)c1ccc(F)cc1)N2. The molecule has 0 bridgehead atoms. The van der Waals surface area contributed by atoms with Crippen molar-refractivity contribution in [3.63, 3.8) is 0 Å². The minimum Gasteiger partial charge on any atom is -0.427 e. The summed E-state index contributed by atoms with van der Waals surface area (Å²) < 4.78 is 47.0. The summed E-state index contributed by atoms with van der Waals surface area (Å²) in [6, 6.07) is 17.2. The number of rotatable bonds is 5. The summed E-state index contributed by atoms with van der Waals surface area (Å²) in [6.45, 7) is 5.55. The molecule has 33 heavy (non-hydrogen) atoms. The molecule has 0 spiro atoms. The number of anilines is 2. The third kappa shape index (κ3) is 4.85. The number of para-hydroxylation sites is 1. The number of hydrogen-bond acceptors (Lipinski definition) is 5. The molecule has 4 rings (SSSR count). The molecule has 0 aliphatic carbocycles. The molecule has 0 saturated heterocycles. The quantitative estimate of drug-likeness (QED) is 0.393. The molecule has 3 aromatic carbocycles. The Bertz CT molecular complexity index is 1300. The van der Waals surface area contributed by atoms with Gasteiger partial charge in [0, 0.05) is 12.6 Å². The van der Waals surface area contributed by atoms with E-state index in [2.05, 4.69) is 23.9 Å². The van der Waals surface area contributed by atoms with Gasteiger partial charge in [-0.3, -0.25) is 9.52 Å². The molecular formula is C25H25FN2O4S. The van der Waals surface area contributed by atoms with Gasteiger partial charge in [-0.1, -0.05) is 32.0 Å². The van der Waals surface area contributed by atoms with Gasteiger partial charge < -0.3 is 10.1 Å². The van der Waals surface area contributed by atoms with Crippen LogP contribution >= 0.6 is 0 Å². The molecule has 0 amide bonds. The van der Waals surface area contributed by atoms with Crippen molar-refractivity contribution in [2.45, 2.75) is 38.1 Å². The maximum absolute atomic E-state index is 13.3. The smallest absolute Gasteiger partial charge is 0.308 e. The van der Waals surface area contributed by atoms with Gasteiger partial charge in [-0.2, -0.15) is 0 Å². The molecule has 0 fully saturated rings. The maximum atomic E-state index is 13.3. The van der Waals surface area contributed by atoms with Crippen molar-refractivity contribution in [3.05, 3.63) is 83.7 Å². The highest BCUT2D eigenvalue weighted by molar-refractivity contribution is 7.92. The third-order valence-electron chi connectivity index (χ3n) is 5.71. The van der Waals surface area contributed by atoms with Crippen LogP contribution in [0.15, 0.2) is 71.6 Å². The highest BCUT2D eigenvalue weighted by Gasteiger charge is 2.37. The van der Waals surface area contributed by atoms with Crippen molar-refractivity contribution in [3.8, 4) is 5.75 Å². The second kappa shape index (κ2) is 8.51. The highest BCUT2D eigenvalue weighted by Crippen LogP contribution is 2.47. The van der Waals surface area contributed by atoms with Crippen molar-refractivity contribution < 1.29 is 22.3 Å². The molecule has 1 atom stereocenters. The first-order valence-electron chi connectivity index (χ1n) is 10.5. The van der Waals surface area contributed by atoms with Crippen molar-refractivity contribution >= 4 is 27.4 Å². The fraction of sp³-hybridized carbons (Fsp3) is 0.240. The Morgan fingerprint density at radius 3 is 2.48 bits per heavy atom. The standard InChI is InChI=1S/C25H25FN2O4S/c1-16(29)32-19-10-13-22-17(14-19)15-25(2,3)24(27-22)21-6-4-5-7-23(21)28-33(30,31)20-11-8-18(26)9-12-20/h4-14,24,27-28H,15H2,1-3H3. The van der Waals surface area contributed by atoms with Crippen molar-refractivity contribution in [2.75, 3.05) is 10.0 Å². The van der Waals surface area contributed by atoms with E-state index in [4.69, 9.17) is 4.74 Å². The van der Waals surface area contributed by atoms with Crippen LogP contribution < -0.4 is 14.8 Å². The van der Waals surface area contributed by atoms with Gasteiger partial charge in [0.1, 0.15) is 11.6 Å². The number of halogens is 1. The van der Waals surface area contributed by atoms with Crippen molar-refractivity contribution in [1.29, 1.82) is 0 Å². The Hall–Kier alpha value is -3.39. The lowest BCUT2D eigenvalue weighted by atomic mass is 9.72. The number of fused-ring (bicyclic) bond motifs is 1. The molecule has 2 N–H and O–H groups in total. The first-order valence-corrected chi connectivity index (χ1v) is 12.0. The number of hydrogen-bond donors (Lipinski definition) is 2. The zero-order valence-corrected chi connectivity index (χ0v) is 19.4. The average Bonchev–Trinajstić information content (AvgIpc) is 2.73. The number of carbonyl (C=O) groups excluding carboxylic acids is 1. The van der Waals surface area contributed by atoms with E-state index in [9.17, 15) is 17.6 Å². The molecule has 172 valence electrons. The summed E-state index contributed by atoms with van der Waals surface area (Å²) in [5, 5.41) is 3.53. The lowest BCUT2D eigenvalue weighted by Gasteiger charge is -2.42. The Morgan fingerprint density at radius 1 is 1.09 bits per heavy atom. The topological polar surface area (TPSA) is 84.5 Å². The first kappa shape index (κ1) is 22.8. The van der Waals surface area contributed by atoms with Crippen LogP contribution in [0.25, 0.3) is 0 Å². The number of ether oxygens (including phenoxy) is 1. The number of nitrogens with one attached hydrogen (secondary N) is 2. The monoisotopic (exact) mass is 468 g/mol. The van der Waals surface area contributed by atoms with Gasteiger partial charge in [0.15, 0.2) is 0 Å². The molecular weight excluding hydrogens is 443 g/mol. The van der Waals surface area contributed by atoms with E-state index in [1.54, 1.807) is 18.2 Å². The summed E-state index contributed by atoms with van der Waals surface area (Å²) in [5.41, 5.74) is 2.86. The predicted molar refractivity (Wildman–Crippen MR) is 125 cm³/mol. The van der Waals surface area contributed by atoms with Crippen molar-refractivity contribution in [1.82, 2.24) is 0 Å². The normalized spacial score (nSPS) is 16.9. The predicted octanol–water partition coefficient (Wildman–Crippen LogP) is 5.29. The van der Waals surface area contributed by atoms with E-state index in [-0.39, 0.29) is 22.3 Å². The molecule has 1 aliphatic heterocycles. The zero-order valence-electron chi connectivity index (χ0n) is 18.6. The van der Waals surface area contributed by atoms with Gasteiger partial charge in [0.25, 0.3) is 10.0 Å². The summed E-state index contributed by atoms with van der Waals surface area (Å²) in [7, 11) is -3.90. The molecule has 8 heteroatoms. The van der Waals surface area contributed by atoms with Crippen LogP contribution in [-0.4, -0.2) is 14.4 Å². The molecule has 0 radical (unpaired) electrons. The van der Waals surface area contributed by atoms with Crippen LogP contribution in [0.4, 0.5) is 15.8 Å². The molecule has 3 aromatic rings. The van der Waals surface area contributed by atoms with Gasteiger partial charge in [-0.05, 0) is 71.5 Å². The molecule has 1 aliphatic rings. The highest BCUT2D eigenvalue weighted by atomic mass is 32.2. The lowest BCUT2D eigenvalue weighted by molar-refractivity contribution is -0.131. The van der Waals surface area contributed by atoms with Crippen LogP contribution in [0.5, 0.6) is 5.75 Å². The van der Waals surface area contributed by atoms with Crippen LogP contribution in [-0.2, 0) is 21.2 Å². The Balaban J connectivity index is 1.67. The zero-order chi connectivity index (χ0) is 23.8.